The van der Waals surface area contributed by atoms with Crippen LogP contribution in [0.3, 0.4) is 0 Å². The van der Waals surface area contributed by atoms with Crippen molar-refractivity contribution in [3.63, 3.8) is 0 Å². The molecule has 1 amide bonds. The lowest BCUT2D eigenvalue weighted by Crippen LogP contribution is -2.14. The number of rotatable bonds is 7. The molecule has 0 fully saturated rings. The van der Waals surface area contributed by atoms with E-state index < -0.39 is 0 Å². The summed E-state index contributed by atoms with van der Waals surface area (Å²) in [6.45, 7) is 6.99. The predicted molar refractivity (Wildman–Crippen MR) is 124 cm³/mol. The minimum absolute atomic E-state index is 0.0630. The van der Waals surface area contributed by atoms with Crippen molar-refractivity contribution < 1.29 is 4.79 Å². The van der Waals surface area contributed by atoms with Crippen LogP contribution in [-0.2, 0) is 17.8 Å². The van der Waals surface area contributed by atoms with Gasteiger partial charge >= 0.3 is 0 Å². The highest BCUT2D eigenvalue weighted by atomic mass is 32.2. The predicted octanol–water partition coefficient (Wildman–Crippen LogP) is 5.18. The smallest absolute Gasteiger partial charge is 0.234 e. The van der Waals surface area contributed by atoms with Crippen LogP contribution in [0, 0.1) is 6.92 Å². The number of thiazole rings is 1. The molecule has 0 saturated heterocycles. The molecule has 0 atom stereocenters. The first-order chi connectivity index (χ1) is 14.6. The summed E-state index contributed by atoms with van der Waals surface area (Å²) in [6, 6.07) is 14.1. The van der Waals surface area contributed by atoms with Gasteiger partial charge in [-0.1, -0.05) is 24.8 Å². The molecule has 0 saturated carbocycles. The molecule has 30 heavy (non-hydrogen) atoms. The van der Waals surface area contributed by atoms with Crippen LogP contribution in [0.5, 0.6) is 0 Å². The Morgan fingerprint density at radius 1 is 1.13 bits per heavy atom. The van der Waals surface area contributed by atoms with Crippen molar-refractivity contribution in [3.8, 4) is 10.6 Å². The molecule has 4 aromatic rings. The Bertz CT molecular complexity index is 1180. The summed E-state index contributed by atoms with van der Waals surface area (Å²) in [4.78, 5) is 17.1. The average Bonchev–Trinajstić information content (AvgIpc) is 3.35. The van der Waals surface area contributed by atoms with Gasteiger partial charge in [0.05, 0.1) is 16.0 Å². The third-order valence-electron chi connectivity index (χ3n) is 4.72. The van der Waals surface area contributed by atoms with Gasteiger partial charge in [0.1, 0.15) is 10.8 Å². The van der Waals surface area contributed by atoms with Gasteiger partial charge in [0, 0.05) is 24.2 Å². The zero-order valence-electron chi connectivity index (χ0n) is 17.2. The Labute approximate surface area is 183 Å². The summed E-state index contributed by atoms with van der Waals surface area (Å²) in [5, 5.41) is 13.1. The van der Waals surface area contributed by atoms with Crippen molar-refractivity contribution in [1.82, 2.24) is 19.7 Å². The van der Waals surface area contributed by atoms with E-state index in [4.69, 9.17) is 4.98 Å². The number of carbonyl (C=O) groups excluding carboxylic acids is 1. The fraction of sp³-hybridized carbons (Fsp3) is 0.273. The molecule has 2 aromatic heterocycles. The van der Waals surface area contributed by atoms with E-state index in [-0.39, 0.29) is 5.91 Å². The Hall–Kier alpha value is -2.71. The molecule has 6 nitrogen and oxygen atoms in total. The van der Waals surface area contributed by atoms with Gasteiger partial charge in [0.2, 0.25) is 5.91 Å². The Kier molecular flexibility index (Phi) is 6.15. The molecule has 0 radical (unpaired) electrons. The highest BCUT2D eigenvalue weighted by Crippen LogP contribution is 2.31. The van der Waals surface area contributed by atoms with Crippen LogP contribution < -0.4 is 5.32 Å². The molecule has 2 heterocycles. The molecule has 0 spiro atoms. The number of hydrogen-bond donors (Lipinski definition) is 1. The minimum Gasteiger partial charge on any atom is -0.325 e. The zero-order valence-corrected chi connectivity index (χ0v) is 18.8. The van der Waals surface area contributed by atoms with Gasteiger partial charge < -0.3 is 9.88 Å². The van der Waals surface area contributed by atoms with Crippen LogP contribution in [0.1, 0.15) is 25.2 Å². The van der Waals surface area contributed by atoms with Gasteiger partial charge in [-0.05, 0) is 55.8 Å². The largest absolute Gasteiger partial charge is 0.325 e. The van der Waals surface area contributed by atoms with Gasteiger partial charge in [-0.2, -0.15) is 0 Å². The van der Waals surface area contributed by atoms with E-state index in [0.29, 0.717) is 5.75 Å². The summed E-state index contributed by atoms with van der Waals surface area (Å²) < 4.78 is 3.23. The first-order valence-electron chi connectivity index (χ1n) is 9.89. The molecule has 4 rings (SSSR count). The normalized spacial score (nSPS) is 11.2. The third kappa shape index (κ3) is 4.39. The second-order valence-corrected chi connectivity index (χ2v) is 8.87. The van der Waals surface area contributed by atoms with Crippen molar-refractivity contribution in [1.29, 1.82) is 0 Å². The van der Waals surface area contributed by atoms with Crippen LogP contribution in [0.4, 0.5) is 5.69 Å². The topological polar surface area (TPSA) is 72.7 Å². The van der Waals surface area contributed by atoms with Gasteiger partial charge in [-0.15, -0.1) is 21.5 Å². The van der Waals surface area contributed by atoms with E-state index >= 15 is 0 Å². The number of fused-ring (bicyclic) bond motifs is 1. The summed E-state index contributed by atoms with van der Waals surface area (Å²) in [5.41, 5.74) is 4.06. The van der Waals surface area contributed by atoms with Gasteiger partial charge in [0.25, 0.3) is 0 Å². The number of nitrogens with zero attached hydrogens (tertiary/aromatic N) is 4. The van der Waals surface area contributed by atoms with Crippen LogP contribution >= 0.6 is 23.1 Å². The molecule has 1 N–H and O–H groups in total. The molecule has 154 valence electrons. The first kappa shape index (κ1) is 20.6. The van der Waals surface area contributed by atoms with E-state index in [1.165, 1.54) is 22.0 Å². The Morgan fingerprint density at radius 2 is 1.93 bits per heavy atom. The molecule has 0 aliphatic rings. The van der Waals surface area contributed by atoms with E-state index in [9.17, 15) is 4.79 Å². The molecular formula is C22H23N5OS2. The molecule has 0 aliphatic heterocycles. The van der Waals surface area contributed by atoms with Crippen molar-refractivity contribution in [2.24, 2.45) is 0 Å². The number of aryl methyl sites for hydroxylation is 2. The summed E-state index contributed by atoms with van der Waals surface area (Å²) in [7, 11) is 0. The summed E-state index contributed by atoms with van der Waals surface area (Å²) >= 11 is 3.09. The van der Waals surface area contributed by atoms with Crippen LogP contribution in [0.15, 0.2) is 47.6 Å². The maximum atomic E-state index is 12.4. The number of aromatic nitrogens is 4. The highest BCUT2D eigenvalue weighted by Gasteiger charge is 2.12. The Morgan fingerprint density at radius 3 is 2.67 bits per heavy atom. The second-order valence-electron chi connectivity index (χ2n) is 6.90. The van der Waals surface area contributed by atoms with Crippen LogP contribution in [-0.4, -0.2) is 31.4 Å². The van der Waals surface area contributed by atoms with E-state index in [0.717, 1.165) is 45.7 Å². The lowest BCUT2D eigenvalue weighted by molar-refractivity contribution is -0.113. The van der Waals surface area contributed by atoms with Crippen LogP contribution in [0.25, 0.3) is 20.8 Å². The van der Waals surface area contributed by atoms with E-state index in [2.05, 4.69) is 54.5 Å². The standard InChI is InChI=1S/C22H23N5OS2/c1-4-19-25-26-22(27(19)5-2)29-13-20(28)23-16-9-7-15(8-10-16)21-24-17-11-6-14(3)12-18(17)30-21/h6-12H,4-5,13H2,1-3H3,(H,23,28). The third-order valence-corrected chi connectivity index (χ3v) is 6.75. The fourth-order valence-electron chi connectivity index (χ4n) is 3.18. The number of amides is 1. The second kappa shape index (κ2) is 8.97. The summed E-state index contributed by atoms with van der Waals surface area (Å²) in [5.74, 6) is 1.17. The average molecular weight is 438 g/mol. The van der Waals surface area contributed by atoms with E-state index in [1.807, 2.05) is 28.8 Å². The number of carbonyl (C=O) groups is 1. The zero-order chi connectivity index (χ0) is 21.1. The maximum absolute atomic E-state index is 12.4. The highest BCUT2D eigenvalue weighted by molar-refractivity contribution is 7.99. The number of nitrogens with one attached hydrogen (secondary N) is 1. The molecule has 0 unspecified atom stereocenters. The SMILES string of the molecule is CCc1nnc(SCC(=O)Nc2ccc(-c3nc4ccc(C)cc4s3)cc2)n1CC. The number of anilines is 1. The fourth-order valence-corrected chi connectivity index (χ4v) is 5.07. The molecular weight excluding hydrogens is 414 g/mol. The molecule has 0 aliphatic carbocycles. The Balaban J connectivity index is 1.39. The molecule has 0 bridgehead atoms. The summed E-state index contributed by atoms with van der Waals surface area (Å²) in [6.07, 6.45) is 0.828. The minimum atomic E-state index is -0.0630. The molecule has 8 heteroatoms. The van der Waals surface area contributed by atoms with Gasteiger partial charge in [-0.3, -0.25) is 4.79 Å². The van der Waals surface area contributed by atoms with Crippen molar-refractivity contribution >= 4 is 44.9 Å². The van der Waals surface area contributed by atoms with Crippen molar-refractivity contribution in [2.75, 3.05) is 11.1 Å². The number of benzene rings is 2. The van der Waals surface area contributed by atoms with Gasteiger partial charge in [-0.25, -0.2) is 4.98 Å². The van der Waals surface area contributed by atoms with E-state index in [1.54, 1.807) is 11.3 Å². The number of hydrogen-bond acceptors (Lipinski definition) is 6. The quantitative estimate of drug-likeness (QED) is 0.404. The van der Waals surface area contributed by atoms with Gasteiger partial charge in [0.15, 0.2) is 5.16 Å². The van der Waals surface area contributed by atoms with Crippen molar-refractivity contribution in [2.45, 2.75) is 38.9 Å². The lowest BCUT2D eigenvalue weighted by Gasteiger charge is -2.07. The first-order valence-corrected chi connectivity index (χ1v) is 11.7. The van der Waals surface area contributed by atoms with Crippen molar-refractivity contribution in [3.05, 3.63) is 53.9 Å². The number of thioether (sulfide) groups is 1. The van der Waals surface area contributed by atoms with Crippen LogP contribution in [0.2, 0.25) is 0 Å². The lowest BCUT2D eigenvalue weighted by atomic mass is 10.2. The monoisotopic (exact) mass is 437 g/mol. The molecule has 2 aromatic carbocycles. The maximum Gasteiger partial charge on any atom is 0.234 e.